The van der Waals surface area contributed by atoms with Crippen LogP contribution in [0.25, 0.3) is 10.6 Å². The number of aromatic nitrogens is 3. The Bertz CT molecular complexity index is 642. The number of rotatable bonds is 5. The average Bonchev–Trinajstić information content (AvgIpc) is 3.18. The van der Waals surface area contributed by atoms with Gasteiger partial charge in [-0.15, -0.1) is 11.3 Å². The van der Waals surface area contributed by atoms with Gasteiger partial charge in [0.15, 0.2) is 0 Å². The van der Waals surface area contributed by atoms with Crippen molar-refractivity contribution in [1.29, 1.82) is 0 Å². The summed E-state index contributed by atoms with van der Waals surface area (Å²) in [7, 11) is 0. The van der Waals surface area contributed by atoms with Crippen molar-refractivity contribution >= 4 is 17.2 Å². The van der Waals surface area contributed by atoms with E-state index in [1.807, 2.05) is 17.1 Å². The highest BCUT2D eigenvalue weighted by Crippen LogP contribution is 2.25. The molecule has 2 N–H and O–H groups in total. The first-order valence-electron chi connectivity index (χ1n) is 7.62. The van der Waals surface area contributed by atoms with E-state index in [0.29, 0.717) is 10.8 Å². The molecule has 1 unspecified atom stereocenters. The zero-order valence-electron chi connectivity index (χ0n) is 12.9. The predicted molar refractivity (Wildman–Crippen MR) is 86.9 cm³/mol. The molecule has 1 aliphatic heterocycles. The molecule has 0 spiro atoms. The molecule has 0 aliphatic carbocycles. The summed E-state index contributed by atoms with van der Waals surface area (Å²) < 4.78 is 1.92. The third kappa shape index (κ3) is 3.53. The topological polar surface area (TPSA) is 71.8 Å². The lowest BCUT2D eigenvalue weighted by Gasteiger charge is -2.09. The fourth-order valence-electron chi connectivity index (χ4n) is 2.49. The zero-order chi connectivity index (χ0) is 15.5. The van der Waals surface area contributed by atoms with E-state index >= 15 is 0 Å². The number of amides is 1. The molecule has 118 valence electrons. The van der Waals surface area contributed by atoms with E-state index in [2.05, 4.69) is 34.6 Å². The van der Waals surface area contributed by atoms with Gasteiger partial charge in [-0.25, -0.2) is 4.98 Å². The monoisotopic (exact) mass is 319 g/mol. The standard InChI is InChI=1S/C15H21N5OS/c1-10(2)8-20-9-11(5-18-20)15-17-7-13(22-15)14(21)19-12-3-4-16-6-12/h5,7,9-10,12,16H,3-4,6,8H2,1-2H3,(H,19,21). The van der Waals surface area contributed by atoms with Crippen molar-refractivity contribution < 1.29 is 4.79 Å². The van der Waals surface area contributed by atoms with E-state index in [9.17, 15) is 4.79 Å². The molecule has 0 bridgehead atoms. The SMILES string of the molecule is CC(C)Cn1cc(-c2ncc(C(=O)NC3CCNC3)s2)cn1. The second kappa shape index (κ2) is 6.58. The molecule has 3 heterocycles. The van der Waals surface area contributed by atoms with Crippen LogP contribution in [0.3, 0.4) is 0 Å². The number of carbonyl (C=O) groups excluding carboxylic acids is 1. The summed E-state index contributed by atoms with van der Waals surface area (Å²) in [4.78, 5) is 17.2. The highest BCUT2D eigenvalue weighted by Gasteiger charge is 2.19. The molecule has 1 atom stereocenters. The normalized spacial score (nSPS) is 18.0. The number of hydrogen-bond donors (Lipinski definition) is 2. The van der Waals surface area contributed by atoms with Crippen LogP contribution in [0.5, 0.6) is 0 Å². The lowest BCUT2D eigenvalue weighted by molar-refractivity contribution is 0.0944. The minimum absolute atomic E-state index is 0.0352. The summed E-state index contributed by atoms with van der Waals surface area (Å²) >= 11 is 1.41. The van der Waals surface area contributed by atoms with E-state index in [1.54, 1.807) is 6.20 Å². The largest absolute Gasteiger partial charge is 0.347 e. The van der Waals surface area contributed by atoms with Crippen LogP contribution in [0.1, 0.15) is 29.9 Å². The summed E-state index contributed by atoms with van der Waals surface area (Å²) in [6, 6.07) is 0.229. The first-order valence-corrected chi connectivity index (χ1v) is 8.43. The molecule has 2 aromatic heterocycles. The second-order valence-electron chi connectivity index (χ2n) is 6.04. The molecule has 1 aliphatic rings. The Balaban J connectivity index is 1.67. The van der Waals surface area contributed by atoms with Crippen LogP contribution in [0.4, 0.5) is 0 Å². The maximum absolute atomic E-state index is 12.2. The minimum atomic E-state index is -0.0352. The average molecular weight is 319 g/mol. The summed E-state index contributed by atoms with van der Waals surface area (Å²) in [6.07, 6.45) is 6.43. The summed E-state index contributed by atoms with van der Waals surface area (Å²) in [5.41, 5.74) is 0.965. The second-order valence-corrected chi connectivity index (χ2v) is 7.07. The Morgan fingerprint density at radius 1 is 1.55 bits per heavy atom. The Morgan fingerprint density at radius 2 is 2.41 bits per heavy atom. The molecule has 6 nitrogen and oxygen atoms in total. The Morgan fingerprint density at radius 3 is 3.14 bits per heavy atom. The molecule has 1 fully saturated rings. The molecule has 0 radical (unpaired) electrons. The van der Waals surface area contributed by atoms with Crippen LogP contribution in [0, 0.1) is 5.92 Å². The molecular weight excluding hydrogens is 298 g/mol. The molecule has 2 aromatic rings. The number of nitrogens with zero attached hydrogens (tertiary/aromatic N) is 3. The molecule has 1 saturated heterocycles. The number of thiazole rings is 1. The summed E-state index contributed by atoms with van der Waals surface area (Å²) in [5, 5.41) is 11.5. The Labute approximate surface area is 133 Å². The zero-order valence-corrected chi connectivity index (χ0v) is 13.7. The number of carbonyl (C=O) groups is 1. The van der Waals surface area contributed by atoms with Gasteiger partial charge in [0.2, 0.25) is 0 Å². The third-order valence-electron chi connectivity index (χ3n) is 3.56. The van der Waals surface area contributed by atoms with Crippen LogP contribution in [0.2, 0.25) is 0 Å². The van der Waals surface area contributed by atoms with Crippen molar-refractivity contribution in [3.63, 3.8) is 0 Å². The lowest BCUT2D eigenvalue weighted by Crippen LogP contribution is -2.35. The van der Waals surface area contributed by atoms with Crippen LogP contribution in [0.15, 0.2) is 18.6 Å². The van der Waals surface area contributed by atoms with Gasteiger partial charge in [0.1, 0.15) is 9.88 Å². The Hall–Kier alpha value is -1.73. The quantitative estimate of drug-likeness (QED) is 0.881. The molecule has 3 rings (SSSR count). The molecular formula is C15H21N5OS. The predicted octanol–water partition coefficient (Wildman–Crippen LogP) is 1.75. The molecule has 0 saturated carbocycles. The van der Waals surface area contributed by atoms with E-state index in [1.165, 1.54) is 11.3 Å². The van der Waals surface area contributed by atoms with Crippen molar-refractivity contribution in [1.82, 2.24) is 25.4 Å². The fraction of sp³-hybridized carbons (Fsp3) is 0.533. The van der Waals surface area contributed by atoms with Crippen LogP contribution in [-0.2, 0) is 6.54 Å². The van der Waals surface area contributed by atoms with Gasteiger partial charge in [0, 0.05) is 30.9 Å². The van der Waals surface area contributed by atoms with Gasteiger partial charge >= 0.3 is 0 Å². The smallest absolute Gasteiger partial charge is 0.263 e. The van der Waals surface area contributed by atoms with Crippen LogP contribution < -0.4 is 10.6 Å². The highest BCUT2D eigenvalue weighted by atomic mass is 32.1. The van der Waals surface area contributed by atoms with Crippen molar-refractivity contribution in [2.75, 3.05) is 13.1 Å². The van der Waals surface area contributed by atoms with Crippen molar-refractivity contribution in [3.8, 4) is 10.6 Å². The van der Waals surface area contributed by atoms with E-state index in [0.717, 1.165) is 36.6 Å². The van der Waals surface area contributed by atoms with Gasteiger partial charge in [-0.2, -0.15) is 5.10 Å². The van der Waals surface area contributed by atoms with Crippen molar-refractivity contribution in [3.05, 3.63) is 23.5 Å². The summed E-state index contributed by atoms with van der Waals surface area (Å²) in [6.45, 7) is 7.01. The van der Waals surface area contributed by atoms with Gasteiger partial charge in [-0.3, -0.25) is 9.48 Å². The number of nitrogens with one attached hydrogen (secondary N) is 2. The molecule has 7 heteroatoms. The highest BCUT2D eigenvalue weighted by molar-refractivity contribution is 7.16. The van der Waals surface area contributed by atoms with Gasteiger partial charge in [0.05, 0.1) is 12.4 Å². The molecule has 1 amide bonds. The Kier molecular flexibility index (Phi) is 4.54. The van der Waals surface area contributed by atoms with Gasteiger partial charge in [-0.1, -0.05) is 13.8 Å². The van der Waals surface area contributed by atoms with Crippen molar-refractivity contribution in [2.45, 2.75) is 32.9 Å². The van der Waals surface area contributed by atoms with E-state index in [4.69, 9.17) is 0 Å². The first-order chi connectivity index (χ1) is 10.6. The van der Waals surface area contributed by atoms with Crippen molar-refractivity contribution in [2.24, 2.45) is 5.92 Å². The van der Waals surface area contributed by atoms with Gasteiger partial charge < -0.3 is 10.6 Å². The molecule has 0 aromatic carbocycles. The lowest BCUT2D eigenvalue weighted by atomic mass is 10.2. The maximum Gasteiger partial charge on any atom is 0.263 e. The first kappa shape index (κ1) is 15.2. The van der Waals surface area contributed by atoms with Crippen LogP contribution in [-0.4, -0.2) is 39.8 Å². The van der Waals surface area contributed by atoms with Gasteiger partial charge in [-0.05, 0) is 18.9 Å². The maximum atomic E-state index is 12.2. The molecule has 22 heavy (non-hydrogen) atoms. The third-order valence-corrected chi connectivity index (χ3v) is 4.60. The van der Waals surface area contributed by atoms with Gasteiger partial charge in [0.25, 0.3) is 5.91 Å². The minimum Gasteiger partial charge on any atom is -0.347 e. The fourth-order valence-corrected chi connectivity index (χ4v) is 3.29. The van der Waals surface area contributed by atoms with E-state index < -0.39 is 0 Å². The summed E-state index contributed by atoms with van der Waals surface area (Å²) in [5.74, 6) is 0.512. The van der Waals surface area contributed by atoms with E-state index in [-0.39, 0.29) is 11.9 Å². The van der Waals surface area contributed by atoms with Crippen LogP contribution >= 0.6 is 11.3 Å². The number of hydrogen-bond acceptors (Lipinski definition) is 5.